The molecule has 0 aliphatic heterocycles. The lowest BCUT2D eigenvalue weighted by Gasteiger charge is -1.99. The summed E-state index contributed by atoms with van der Waals surface area (Å²) in [5.41, 5.74) is 1.06. The number of hydrogen-bond acceptors (Lipinski definition) is 4. The maximum absolute atomic E-state index is 11.9. The molecule has 7 heteroatoms. The summed E-state index contributed by atoms with van der Waals surface area (Å²) in [5.74, 6) is -0.0848. The van der Waals surface area contributed by atoms with Crippen LogP contribution in [0.2, 0.25) is 5.02 Å². The monoisotopic (exact) mass is 318 g/mol. The molecule has 1 heterocycles. The lowest BCUT2D eigenvalue weighted by molar-refractivity contribution is -0.111. The summed E-state index contributed by atoms with van der Waals surface area (Å²) >= 11 is 7.32. The van der Waals surface area contributed by atoms with E-state index < -0.39 is 0 Å². The van der Waals surface area contributed by atoms with Crippen molar-refractivity contribution in [3.63, 3.8) is 0 Å². The molecule has 0 fully saturated rings. The maximum Gasteiger partial charge on any atom is 0.249 e. The number of carbonyl (C=O) groups is 1. The number of aromatic amines is 1. The summed E-state index contributed by atoms with van der Waals surface area (Å²) < 4.78 is 0. The molecule has 0 aliphatic carbocycles. The third-order valence-electron chi connectivity index (χ3n) is 2.61. The smallest absolute Gasteiger partial charge is 0.249 e. The Labute approximate surface area is 131 Å². The molecule has 0 atom stereocenters. The van der Waals surface area contributed by atoms with Gasteiger partial charge in [0.2, 0.25) is 5.91 Å². The van der Waals surface area contributed by atoms with E-state index >= 15 is 0 Å². The molecule has 0 saturated heterocycles. The highest BCUT2D eigenvalue weighted by atomic mass is 35.5. The molecule has 106 valence electrons. The van der Waals surface area contributed by atoms with Gasteiger partial charge in [-0.15, -0.1) is 11.8 Å². The van der Waals surface area contributed by atoms with Crippen LogP contribution in [0.25, 0.3) is 6.08 Å². The first kappa shape index (κ1) is 15.2. The summed E-state index contributed by atoms with van der Waals surface area (Å²) in [6.07, 6.45) is 4.76. The molecule has 2 rings (SSSR count). The molecule has 0 unspecified atom stereocenters. The number of rotatable bonds is 4. The number of aromatic nitrogens is 2. The van der Waals surface area contributed by atoms with E-state index in [9.17, 15) is 4.79 Å². The van der Waals surface area contributed by atoms with Crippen molar-refractivity contribution < 1.29 is 4.79 Å². The van der Waals surface area contributed by atoms with Crippen LogP contribution in [0.15, 0.2) is 35.4 Å². The first-order chi connectivity index (χ1) is 10.2. The first-order valence-corrected chi connectivity index (χ1v) is 7.52. The van der Waals surface area contributed by atoms with Crippen LogP contribution in [0, 0.1) is 11.3 Å². The van der Waals surface area contributed by atoms with Gasteiger partial charge in [0.1, 0.15) is 22.5 Å². The van der Waals surface area contributed by atoms with E-state index in [1.165, 1.54) is 17.8 Å². The maximum atomic E-state index is 11.9. The minimum atomic E-state index is -0.372. The Bertz CT molecular complexity index is 733. The molecule has 1 aromatic carbocycles. The number of H-pyrrole nitrogens is 1. The Kier molecular flexibility index (Phi) is 5.04. The fraction of sp³-hybridized carbons (Fsp3) is 0.0714. The van der Waals surface area contributed by atoms with Crippen molar-refractivity contribution >= 4 is 41.2 Å². The van der Waals surface area contributed by atoms with Crippen LogP contribution in [0.3, 0.4) is 0 Å². The van der Waals surface area contributed by atoms with Crippen molar-refractivity contribution in [1.82, 2.24) is 10.2 Å². The van der Waals surface area contributed by atoms with Crippen molar-refractivity contribution in [1.29, 1.82) is 5.26 Å². The minimum Gasteiger partial charge on any atom is -0.306 e. The number of carbonyl (C=O) groups excluding carboxylic acids is 1. The molecule has 0 radical (unpaired) electrons. The second-order valence-corrected chi connectivity index (χ2v) is 5.14. The topological polar surface area (TPSA) is 81.6 Å². The summed E-state index contributed by atoms with van der Waals surface area (Å²) in [7, 11) is 0. The zero-order valence-corrected chi connectivity index (χ0v) is 12.6. The van der Waals surface area contributed by atoms with Crippen molar-refractivity contribution in [2.24, 2.45) is 0 Å². The Morgan fingerprint density at radius 3 is 2.95 bits per heavy atom. The number of benzene rings is 1. The quantitative estimate of drug-likeness (QED) is 0.669. The third-order valence-corrected chi connectivity index (χ3v) is 3.63. The van der Waals surface area contributed by atoms with Crippen molar-refractivity contribution in [2.75, 3.05) is 11.6 Å². The van der Waals surface area contributed by atoms with E-state index in [2.05, 4.69) is 15.5 Å². The summed E-state index contributed by atoms with van der Waals surface area (Å²) in [4.78, 5) is 11.9. The standard InChI is InChI=1S/C14H11ClN4OS/c1-21-14-10(8-16)13(18-19-14)17-12(20)7-6-9-4-2-3-5-11(9)15/h2-7H,1H3,(H2,17,18,19,20). The Balaban J connectivity index is 2.11. The lowest BCUT2D eigenvalue weighted by atomic mass is 10.2. The number of amides is 1. The van der Waals surface area contributed by atoms with Gasteiger partial charge in [-0.05, 0) is 24.0 Å². The molecule has 0 saturated carbocycles. The van der Waals surface area contributed by atoms with E-state index in [1.54, 1.807) is 24.5 Å². The molecule has 2 N–H and O–H groups in total. The second kappa shape index (κ2) is 6.97. The van der Waals surface area contributed by atoms with Crippen molar-refractivity contribution in [3.05, 3.63) is 46.5 Å². The number of thioether (sulfide) groups is 1. The number of nitrogens with one attached hydrogen (secondary N) is 2. The van der Waals surface area contributed by atoms with Crippen LogP contribution in [0.5, 0.6) is 0 Å². The van der Waals surface area contributed by atoms with E-state index in [4.69, 9.17) is 16.9 Å². The summed E-state index contributed by atoms with van der Waals surface area (Å²) in [5, 5.41) is 19.3. The number of nitrogens with zero attached hydrogens (tertiary/aromatic N) is 2. The predicted octanol–water partition coefficient (Wildman–Crippen LogP) is 3.31. The van der Waals surface area contributed by atoms with Gasteiger partial charge in [-0.2, -0.15) is 10.4 Å². The zero-order valence-electron chi connectivity index (χ0n) is 11.1. The van der Waals surface area contributed by atoms with Gasteiger partial charge in [-0.25, -0.2) is 0 Å². The highest BCUT2D eigenvalue weighted by Gasteiger charge is 2.13. The van der Waals surface area contributed by atoms with Crippen molar-refractivity contribution in [2.45, 2.75) is 5.03 Å². The largest absolute Gasteiger partial charge is 0.306 e. The molecular weight excluding hydrogens is 308 g/mol. The third kappa shape index (κ3) is 3.66. The van der Waals surface area contributed by atoms with E-state index in [0.717, 1.165) is 5.56 Å². The predicted molar refractivity (Wildman–Crippen MR) is 84.2 cm³/mol. The Hall–Kier alpha value is -2.23. The van der Waals surface area contributed by atoms with Crippen LogP contribution < -0.4 is 5.32 Å². The average Bonchev–Trinajstić information content (AvgIpc) is 2.88. The second-order valence-electron chi connectivity index (χ2n) is 3.94. The van der Waals surface area contributed by atoms with Gasteiger partial charge in [-0.3, -0.25) is 9.89 Å². The van der Waals surface area contributed by atoms with Gasteiger partial charge in [-0.1, -0.05) is 29.8 Å². The fourth-order valence-electron chi connectivity index (χ4n) is 1.61. The normalized spacial score (nSPS) is 10.5. The SMILES string of the molecule is CSc1n[nH]c(NC(=O)C=Cc2ccccc2Cl)c1C#N. The number of halogens is 1. The van der Waals surface area contributed by atoms with Crippen LogP contribution in [-0.2, 0) is 4.79 Å². The van der Waals surface area contributed by atoms with Crippen molar-refractivity contribution in [3.8, 4) is 6.07 Å². The number of anilines is 1. The zero-order chi connectivity index (χ0) is 15.2. The van der Waals surface area contributed by atoms with Gasteiger partial charge in [0.25, 0.3) is 0 Å². The number of hydrogen-bond donors (Lipinski definition) is 2. The highest BCUT2D eigenvalue weighted by molar-refractivity contribution is 7.98. The highest BCUT2D eigenvalue weighted by Crippen LogP contribution is 2.23. The van der Waals surface area contributed by atoms with Crippen LogP contribution >= 0.6 is 23.4 Å². The first-order valence-electron chi connectivity index (χ1n) is 5.91. The molecule has 21 heavy (non-hydrogen) atoms. The van der Waals surface area contributed by atoms with Gasteiger partial charge < -0.3 is 5.32 Å². The molecular formula is C14H11ClN4OS. The summed E-state index contributed by atoms with van der Waals surface area (Å²) in [6, 6.07) is 9.20. The Morgan fingerprint density at radius 1 is 1.52 bits per heavy atom. The van der Waals surface area contributed by atoms with Gasteiger partial charge >= 0.3 is 0 Å². The molecule has 0 bridgehead atoms. The van der Waals surface area contributed by atoms with Crippen LogP contribution in [0.1, 0.15) is 11.1 Å². The Morgan fingerprint density at radius 2 is 2.29 bits per heavy atom. The van der Waals surface area contributed by atoms with Gasteiger partial charge in [0.05, 0.1) is 0 Å². The van der Waals surface area contributed by atoms with Crippen LogP contribution in [-0.4, -0.2) is 22.4 Å². The summed E-state index contributed by atoms with van der Waals surface area (Å²) in [6.45, 7) is 0. The van der Waals surface area contributed by atoms with Crippen LogP contribution in [0.4, 0.5) is 5.82 Å². The molecule has 5 nitrogen and oxygen atoms in total. The molecule has 0 spiro atoms. The number of nitriles is 1. The molecule has 2 aromatic rings. The fourth-order valence-corrected chi connectivity index (χ4v) is 2.30. The molecule has 1 aromatic heterocycles. The van der Waals surface area contributed by atoms with Gasteiger partial charge in [0.15, 0.2) is 0 Å². The van der Waals surface area contributed by atoms with E-state index in [1.807, 2.05) is 18.2 Å². The minimum absolute atomic E-state index is 0.288. The average molecular weight is 319 g/mol. The van der Waals surface area contributed by atoms with E-state index in [-0.39, 0.29) is 11.7 Å². The van der Waals surface area contributed by atoms with E-state index in [0.29, 0.717) is 15.6 Å². The molecule has 1 amide bonds. The molecule has 0 aliphatic rings. The van der Waals surface area contributed by atoms with Gasteiger partial charge in [0, 0.05) is 11.1 Å². The lowest BCUT2D eigenvalue weighted by Crippen LogP contribution is -2.09.